The number of benzene rings is 1. The molecule has 0 aliphatic heterocycles. The van der Waals surface area contributed by atoms with Gasteiger partial charge >= 0.3 is 0 Å². The zero-order chi connectivity index (χ0) is 14.7. The van der Waals surface area contributed by atoms with Crippen molar-refractivity contribution in [2.24, 2.45) is 5.84 Å². The Hall–Kier alpha value is -1.85. The second-order valence-corrected chi connectivity index (χ2v) is 5.09. The molecule has 1 aromatic carbocycles. The van der Waals surface area contributed by atoms with E-state index in [9.17, 15) is 0 Å². The lowest BCUT2D eigenvalue weighted by atomic mass is 10.1. The van der Waals surface area contributed by atoms with Crippen molar-refractivity contribution in [1.29, 1.82) is 0 Å². The summed E-state index contributed by atoms with van der Waals surface area (Å²) in [6.45, 7) is 4.05. The van der Waals surface area contributed by atoms with E-state index in [-0.39, 0.29) is 6.04 Å². The van der Waals surface area contributed by atoms with Gasteiger partial charge in [-0.05, 0) is 31.5 Å². The molecule has 2 rings (SSSR count). The molecule has 0 amide bonds. The van der Waals surface area contributed by atoms with E-state index in [1.54, 1.807) is 0 Å². The van der Waals surface area contributed by atoms with Gasteiger partial charge in [0.2, 0.25) is 0 Å². The highest BCUT2D eigenvalue weighted by Crippen LogP contribution is 2.28. The molecule has 0 spiro atoms. The number of nitrogens with one attached hydrogen (secondary N) is 1. The minimum Gasteiger partial charge on any atom is -0.353 e. The average molecular weight is 292 g/mol. The largest absolute Gasteiger partial charge is 0.353 e. The van der Waals surface area contributed by atoms with Crippen LogP contribution in [0, 0.1) is 6.92 Å². The lowest BCUT2D eigenvalue weighted by Crippen LogP contribution is -2.24. The number of anilines is 2. The number of nitrogen functional groups attached to an aromatic ring is 1. The maximum atomic E-state index is 5.92. The lowest BCUT2D eigenvalue weighted by Gasteiger charge is -2.28. The van der Waals surface area contributed by atoms with Crippen LogP contribution in [0.3, 0.4) is 0 Å². The molecule has 0 aliphatic rings. The van der Waals surface area contributed by atoms with Gasteiger partial charge in [0.05, 0.1) is 6.04 Å². The van der Waals surface area contributed by atoms with Gasteiger partial charge in [-0.3, -0.25) is 0 Å². The predicted octanol–water partition coefficient (Wildman–Crippen LogP) is 2.92. The van der Waals surface area contributed by atoms with E-state index in [4.69, 9.17) is 17.4 Å². The molecule has 2 aromatic rings. The number of rotatable bonds is 4. The second-order valence-electron chi connectivity index (χ2n) is 4.65. The zero-order valence-electron chi connectivity index (χ0n) is 11.8. The number of hydrogen-bond donors (Lipinski definition) is 2. The van der Waals surface area contributed by atoms with Gasteiger partial charge in [0.25, 0.3) is 0 Å². The lowest BCUT2D eigenvalue weighted by molar-refractivity contribution is 0.724. The maximum absolute atomic E-state index is 5.92. The molecular formula is C14H18ClN5. The highest BCUT2D eigenvalue weighted by molar-refractivity contribution is 6.30. The summed E-state index contributed by atoms with van der Waals surface area (Å²) < 4.78 is 0. The van der Waals surface area contributed by atoms with Gasteiger partial charge in [0, 0.05) is 17.6 Å². The fraction of sp³-hybridized carbons (Fsp3) is 0.286. The first kappa shape index (κ1) is 14.6. The third-order valence-electron chi connectivity index (χ3n) is 3.46. The molecule has 0 radical (unpaired) electrons. The Morgan fingerprint density at radius 1 is 1.25 bits per heavy atom. The summed E-state index contributed by atoms with van der Waals surface area (Å²) in [5.41, 5.74) is 4.66. The van der Waals surface area contributed by atoms with E-state index in [0.717, 1.165) is 22.0 Å². The van der Waals surface area contributed by atoms with Crippen LogP contribution in [-0.2, 0) is 0 Å². The minimum atomic E-state index is 0.159. The van der Waals surface area contributed by atoms with Crippen LogP contribution in [-0.4, -0.2) is 17.0 Å². The molecule has 1 aromatic heterocycles. The van der Waals surface area contributed by atoms with E-state index >= 15 is 0 Å². The van der Waals surface area contributed by atoms with Crippen LogP contribution >= 0.6 is 11.6 Å². The van der Waals surface area contributed by atoms with Crippen LogP contribution in [0.4, 0.5) is 11.6 Å². The first-order valence-corrected chi connectivity index (χ1v) is 6.69. The fourth-order valence-corrected chi connectivity index (χ4v) is 2.22. The van der Waals surface area contributed by atoms with Crippen LogP contribution in [0.2, 0.25) is 5.02 Å². The van der Waals surface area contributed by atoms with Crippen molar-refractivity contribution < 1.29 is 0 Å². The van der Waals surface area contributed by atoms with E-state index in [0.29, 0.717) is 5.82 Å². The Kier molecular flexibility index (Phi) is 4.42. The molecule has 0 fully saturated rings. The molecule has 0 aliphatic carbocycles. The van der Waals surface area contributed by atoms with Gasteiger partial charge in [-0.15, -0.1) is 0 Å². The Balaban J connectivity index is 2.31. The van der Waals surface area contributed by atoms with Crippen molar-refractivity contribution in [2.45, 2.75) is 19.9 Å². The highest BCUT2D eigenvalue weighted by atomic mass is 35.5. The number of halogens is 1. The summed E-state index contributed by atoms with van der Waals surface area (Å²) >= 11 is 5.92. The van der Waals surface area contributed by atoms with Crippen molar-refractivity contribution in [3.05, 3.63) is 46.7 Å². The third kappa shape index (κ3) is 2.84. The molecule has 1 heterocycles. The van der Waals surface area contributed by atoms with Crippen LogP contribution in [0.5, 0.6) is 0 Å². The molecular weight excluding hydrogens is 274 g/mol. The summed E-state index contributed by atoms with van der Waals surface area (Å²) in [6, 6.07) is 7.97. The Bertz CT molecular complexity index is 585. The Morgan fingerprint density at radius 3 is 2.50 bits per heavy atom. The minimum absolute atomic E-state index is 0.159. The van der Waals surface area contributed by atoms with Crippen molar-refractivity contribution in [1.82, 2.24) is 9.97 Å². The first-order valence-electron chi connectivity index (χ1n) is 6.31. The van der Waals surface area contributed by atoms with Crippen LogP contribution in [0.25, 0.3) is 0 Å². The van der Waals surface area contributed by atoms with Gasteiger partial charge < -0.3 is 10.3 Å². The van der Waals surface area contributed by atoms with Gasteiger partial charge in [0.15, 0.2) is 0 Å². The van der Waals surface area contributed by atoms with Crippen LogP contribution in [0.1, 0.15) is 24.1 Å². The number of aromatic nitrogens is 2. The van der Waals surface area contributed by atoms with E-state index in [1.165, 1.54) is 6.33 Å². The average Bonchev–Trinajstić information content (AvgIpc) is 2.47. The van der Waals surface area contributed by atoms with Crippen molar-refractivity contribution in [2.75, 3.05) is 17.4 Å². The summed E-state index contributed by atoms with van der Waals surface area (Å²) in [6.07, 6.45) is 1.50. The van der Waals surface area contributed by atoms with Gasteiger partial charge in [0.1, 0.15) is 18.0 Å². The number of nitrogens with zero attached hydrogens (tertiary/aromatic N) is 3. The SMILES string of the molecule is Cc1c(NN)ncnc1N(C)C(C)c1ccc(Cl)cc1. The van der Waals surface area contributed by atoms with E-state index in [2.05, 4.69) is 27.2 Å². The zero-order valence-corrected chi connectivity index (χ0v) is 12.5. The fourth-order valence-electron chi connectivity index (χ4n) is 2.09. The molecule has 1 atom stereocenters. The smallest absolute Gasteiger partial charge is 0.148 e. The molecule has 0 bridgehead atoms. The van der Waals surface area contributed by atoms with Gasteiger partial charge in [-0.1, -0.05) is 23.7 Å². The van der Waals surface area contributed by atoms with Crippen molar-refractivity contribution in [3.8, 4) is 0 Å². The molecule has 20 heavy (non-hydrogen) atoms. The standard InChI is InChI=1S/C14H18ClN5/c1-9-13(19-16)17-8-18-14(9)20(3)10(2)11-4-6-12(15)7-5-11/h4-8,10H,16H2,1-3H3,(H,17,18,19). The summed E-state index contributed by atoms with van der Waals surface area (Å²) in [5, 5.41) is 0.733. The van der Waals surface area contributed by atoms with Crippen molar-refractivity contribution in [3.63, 3.8) is 0 Å². The van der Waals surface area contributed by atoms with Crippen molar-refractivity contribution >= 4 is 23.2 Å². The normalized spacial score (nSPS) is 12.1. The van der Waals surface area contributed by atoms with Crippen LogP contribution in [0.15, 0.2) is 30.6 Å². The molecule has 6 heteroatoms. The number of nitrogens with two attached hydrogens (primary N) is 1. The molecule has 5 nitrogen and oxygen atoms in total. The summed E-state index contributed by atoms with van der Waals surface area (Å²) in [7, 11) is 1.99. The summed E-state index contributed by atoms with van der Waals surface area (Å²) in [4.78, 5) is 10.5. The molecule has 106 valence electrons. The highest BCUT2D eigenvalue weighted by Gasteiger charge is 2.17. The monoisotopic (exact) mass is 291 g/mol. The molecule has 0 saturated carbocycles. The van der Waals surface area contributed by atoms with E-state index in [1.807, 2.05) is 38.2 Å². The molecule has 3 N–H and O–H groups in total. The molecule has 0 saturated heterocycles. The van der Waals surface area contributed by atoms with E-state index < -0.39 is 0 Å². The maximum Gasteiger partial charge on any atom is 0.148 e. The van der Waals surface area contributed by atoms with Gasteiger partial charge in [-0.25, -0.2) is 15.8 Å². The van der Waals surface area contributed by atoms with Gasteiger partial charge in [-0.2, -0.15) is 0 Å². The Morgan fingerprint density at radius 2 is 1.90 bits per heavy atom. The quantitative estimate of drug-likeness (QED) is 0.670. The summed E-state index contributed by atoms with van der Waals surface area (Å²) in [5.74, 6) is 6.92. The second kappa shape index (κ2) is 6.07. The first-order chi connectivity index (χ1) is 9.54. The molecule has 1 unspecified atom stereocenters. The Labute approximate surface area is 123 Å². The van der Waals surface area contributed by atoms with Crippen LogP contribution < -0.4 is 16.2 Å². The topological polar surface area (TPSA) is 67.1 Å². The predicted molar refractivity (Wildman–Crippen MR) is 82.8 cm³/mol. The third-order valence-corrected chi connectivity index (χ3v) is 3.71. The number of hydrogen-bond acceptors (Lipinski definition) is 5. The number of hydrazine groups is 1.